The average Bonchev–Trinajstić information content (AvgIpc) is 2.84. The van der Waals surface area contributed by atoms with Crippen molar-refractivity contribution in [3.8, 4) is 11.3 Å². The zero-order valence-corrected chi connectivity index (χ0v) is 20.0. The molecule has 1 aromatic carbocycles. The minimum Gasteiger partial charge on any atom is -0.466 e. The zero-order valence-electron chi connectivity index (χ0n) is 19.2. The number of esters is 1. The van der Waals surface area contributed by atoms with Crippen LogP contribution in [-0.2, 0) is 38.8 Å². The molecule has 178 valence electrons. The second-order valence-electron chi connectivity index (χ2n) is 8.70. The first-order valence-electron chi connectivity index (χ1n) is 11.8. The van der Waals surface area contributed by atoms with Gasteiger partial charge < -0.3 is 4.74 Å². The van der Waals surface area contributed by atoms with E-state index in [0.29, 0.717) is 43.5 Å². The molecule has 0 unspecified atom stereocenters. The lowest BCUT2D eigenvalue weighted by molar-refractivity contribution is -0.149. The first kappa shape index (κ1) is 23.6. The van der Waals surface area contributed by atoms with Crippen LogP contribution >= 0.6 is 0 Å². The molecule has 2 aliphatic rings. The Balaban J connectivity index is 1.73. The van der Waals surface area contributed by atoms with Gasteiger partial charge in [-0.15, -0.1) is 0 Å². The summed E-state index contributed by atoms with van der Waals surface area (Å²) < 4.78 is 34.0. The highest BCUT2D eigenvalue weighted by atomic mass is 32.2. The molecule has 0 spiro atoms. The van der Waals surface area contributed by atoms with Crippen LogP contribution in [0, 0.1) is 5.92 Å². The maximum atomic E-state index is 13.7. The Morgan fingerprint density at radius 3 is 2.67 bits per heavy atom. The van der Waals surface area contributed by atoms with E-state index in [1.54, 1.807) is 13.0 Å². The molecule has 8 nitrogen and oxygen atoms in total. The molecule has 1 fully saturated rings. The largest absolute Gasteiger partial charge is 0.466 e. The SMILES string of the molecule is CCOC(=O)[C@@H]1CCCN(S(=O)(=O)c2cc(-c3n[nH]c(=O)c4c3CCCC4)ccc2CC)C1. The van der Waals surface area contributed by atoms with E-state index in [2.05, 4.69) is 10.2 Å². The Kier molecular flexibility index (Phi) is 6.99. The molecule has 1 aliphatic heterocycles. The van der Waals surface area contributed by atoms with Crippen LogP contribution in [0.15, 0.2) is 27.9 Å². The van der Waals surface area contributed by atoms with E-state index < -0.39 is 15.9 Å². The molecule has 4 rings (SSSR count). The van der Waals surface area contributed by atoms with Crippen LogP contribution < -0.4 is 5.56 Å². The van der Waals surface area contributed by atoms with Gasteiger partial charge in [-0.2, -0.15) is 9.40 Å². The molecule has 1 atom stereocenters. The Hall–Kier alpha value is -2.52. The molecule has 2 aromatic rings. The number of aromatic amines is 1. The van der Waals surface area contributed by atoms with Crippen molar-refractivity contribution >= 4 is 16.0 Å². The number of hydrogen-bond donors (Lipinski definition) is 1. The quantitative estimate of drug-likeness (QED) is 0.646. The summed E-state index contributed by atoms with van der Waals surface area (Å²) in [5.74, 6) is -0.791. The number of carbonyl (C=O) groups excluding carboxylic acids is 1. The Labute approximate surface area is 194 Å². The summed E-state index contributed by atoms with van der Waals surface area (Å²) in [4.78, 5) is 24.7. The minimum atomic E-state index is -3.82. The summed E-state index contributed by atoms with van der Waals surface area (Å²) in [6.45, 7) is 4.45. The van der Waals surface area contributed by atoms with Gasteiger partial charge in [0.1, 0.15) is 0 Å². The molecule has 2 heterocycles. The number of aryl methyl sites for hydroxylation is 1. The van der Waals surface area contributed by atoms with Gasteiger partial charge in [-0.1, -0.05) is 19.1 Å². The van der Waals surface area contributed by atoms with Crippen molar-refractivity contribution in [2.45, 2.75) is 63.7 Å². The van der Waals surface area contributed by atoms with Crippen molar-refractivity contribution in [3.63, 3.8) is 0 Å². The van der Waals surface area contributed by atoms with Crippen molar-refractivity contribution in [1.29, 1.82) is 0 Å². The van der Waals surface area contributed by atoms with Crippen LogP contribution in [0.2, 0.25) is 0 Å². The predicted octanol–water partition coefficient (Wildman–Crippen LogP) is 2.84. The number of fused-ring (bicyclic) bond motifs is 1. The molecule has 9 heteroatoms. The van der Waals surface area contributed by atoms with Crippen LogP contribution in [0.25, 0.3) is 11.3 Å². The summed E-state index contributed by atoms with van der Waals surface area (Å²) in [6.07, 6.45) is 5.20. The van der Waals surface area contributed by atoms with Gasteiger partial charge in [0.15, 0.2) is 0 Å². The van der Waals surface area contributed by atoms with Crippen LogP contribution in [0.1, 0.15) is 56.2 Å². The van der Waals surface area contributed by atoms with Crippen molar-refractivity contribution in [3.05, 3.63) is 45.2 Å². The molecular formula is C24H31N3O5S. The summed E-state index contributed by atoms with van der Waals surface area (Å²) in [6, 6.07) is 5.39. The van der Waals surface area contributed by atoms with Gasteiger partial charge in [-0.05, 0) is 69.1 Å². The average molecular weight is 474 g/mol. The van der Waals surface area contributed by atoms with Crippen molar-refractivity contribution in [2.24, 2.45) is 5.92 Å². The molecule has 0 amide bonds. The Morgan fingerprint density at radius 1 is 1.18 bits per heavy atom. The van der Waals surface area contributed by atoms with Gasteiger partial charge in [-0.3, -0.25) is 9.59 Å². The minimum absolute atomic E-state index is 0.126. The number of H-pyrrole nitrogens is 1. The molecule has 0 bridgehead atoms. The normalized spacial score (nSPS) is 19.2. The highest BCUT2D eigenvalue weighted by molar-refractivity contribution is 7.89. The van der Waals surface area contributed by atoms with E-state index >= 15 is 0 Å². The molecule has 1 aromatic heterocycles. The van der Waals surface area contributed by atoms with E-state index in [1.807, 2.05) is 19.1 Å². The molecule has 1 N–H and O–H groups in total. The number of nitrogens with one attached hydrogen (secondary N) is 1. The second kappa shape index (κ2) is 9.77. The lowest BCUT2D eigenvalue weighted by Crippen LogP contribution is -2.43. The third-order valence-corrected chi connectivity index (χ3v) is 8.59. The van der Waals surface area contributed by atoms with Crippen LogP contribution in [-0.4, -0.2) is 48.6 Å². The summed E-state index contributed by atoms with van der Waals surface area (Å²) in [5, 5.41) is 6.89. The van der Waals surface area contributed by atoms with Crippen LogP contribution in [0.4, 0.5) is 0 Å². The number of hydrogen-bond acceptors (Lipinski definition) is 6. The number of ether oxygens (including phenoxy) is 1. The summed E-state index contributed by atoms with van der Waals surface area (Å²) in [7, 11) is -3.82. The molecule has 1 aliphatic carbocycles. The van der Waals surface area contributed by atoms with Crippen molar-refractivity contribution < 1.29 is 17.9 Å². The fourth-order valence-electron chi connectivity index (χ4n) is 4.88. The van der Waals surface area contributed by atoms with E-state index in [1.165, 1.54) is 4.31 Å². The van der Waals surface area contributed by atoms with Crippen molar-refractivity contribution in [2.75, 3.05) is 19.7 Å². The van der Waals surface area contributed by atoms with Gasteiger partial charge in [-0.25, -0.2) is 13.5 Å². The molecular weight excluding hydrogens is 442 g/mol. The Bertz CT molecular complexity index is 1210. The number of nitrogens with zero attached hydrogens (tertiary/aromatic N) is 2. The second-order valence-corrected chi connectivity index (χ2v) is 10.6. The number of aromatic nitrogens is 2. The summed E-state index contributed by atoms with van der Waals surface area (Å²) in [5.41, 5.74) is 3.55. The zero-order chi connectivity index (χ0) is 23.6. The number of piperidine rings is 1. The van der Waals surface area contributed by atoms with Crippen LogP contribution in [0.3, 0.4) is 0 Å². The molecule has 1 saturated heterocycles. The number of rotatable bonds is 6. The van der Waals surface area contributed by atoms with Crippen molar-refractivity contribution in [1.82, 2.24) is 14.5 Å². The van der Waals surface area contributed by atoms with Crippen LogP contribution in [0.5, 0.6) is 0 Å². The standard InChI is InChI=1S/C24H31N3O5S/c1-3-16-11-12-17(22-19-9-5-6-10-20(19)23(28)26-25-22)14-21(16)33(30,31)27-13-7-8-18(15-27)24(29)32-4-2/h11-12,14,18H,3-10,13,15H2,1-2H3,(H,26,28)/t18-/m1/s1. The molecule has 0 radical (unpaired) electrons. The number of carbonyl (C=O) groups is 1. The van der Waals surface area contributed by atoms with E-state index in [4.69, 9.17) is 4.74 Å². The summed E-state index contributed by atoms with van der Waals surface area (Å²) >= 11 is 0. The van der Waals surface area contributed by atoms with E-state index in [0.717, 1.165) is 36.0 Å². The third kappa shape index (κ3) is 4.61. The number of benzene rings is 1. The van der Waals surface area contributed by atoms with E-state index in [-0.39, 0.29) is 29.6 Å². The van der Waals surface area contributed by atoms with Gasteiger partial charge in [0.2, 0.25) is 10.0 Å². The fourth-order valence-corrected chi connectivity index (χ4v) is 6.73. The fraction of sp³-hybridized carbons (Fsp3) is 0.542. The highest BCUT2D eigenvalue weighted by Crippen LogP contribution is 2.33. The van der Waals surface area contributed by atoms with E-state index in [9.17, 15) is 18.0 Å². The lowest BCUT2D eigenvalue weighted by atomic mass is 9.89. The van der Waals surface area contributed by atoms with Gasteiger partial charge >= 0.3 is 5.97 Å². The lowest BCUT2D eigenvalue weighted by Gasteiger charge is -2.31. The Morgan fingerprint density at radius 2 is 1.94 bits per heavy atom. The molecule has 33 heavy (non-hydrogen) atoms. The maximum Gasteiger partial charge on any atom is 0.310 e. The van der Waals surface area contributed by atoms with Gasteiger partial charge in [0, 0.05) is 24.2 Å². The van der Waals surface area contributed by atoms with Gasteiger partial charge in [0.25, 0.3) is 5.56 Å². The smallest absolute Gasteiger partial charge is 0.310 e. The first-order valence-corrected chi connectivity index (χ1v) is 13.2. The topological polar surface area (TPSA) is 109 Å². The monoisotopic (exact) mass is 473 g/mol. The predicted molar refractivity (Wildman–Crippen MR) is 124 cm³/mol. The third-order valence-electron chi connectivity index (χ3n) is 6.64. The van der Waals surface area contributed by atoms with Gasteiger partial charge in [0.05, 0.1) is 23.1 Å². The maximum absolute atomic E-state index is 13.7. The molecule has 0 saturated carbocycles. The number of sulfonamides is 1. The highest BCUT2D eigenvalue weighted by Gasteiger charge is 2.35. The first-order chi connectivity index (χ1) is 15.9.